The molecule has 0 spiro atoms. The van der Waals surface area contributed by atoms with Gasteiger partial charge in [0, 0.05) is 17.7 Å². The van der Waals surface area contributed by atoms with E-state index in [9.17, 15) is 4.79 Å². The zero-order chi connectivity index (χ0) is 17.3. The minimum atomic E-state index is 0.0320. The van der Waals surface area contributed by atoms with Gasteiger partial charge in [-0.1, -0.05) is 41.5 Å². The second kappa shape index (κ2) is 6.95. The van der Waals surface area contributed by atoms with E-state index in [0.717, 1.165) is 12.8 Å². The Labute approximate surface area is 142 Å². The van der Waals surface area contributed by atoms with Gasteiger partial charge in [-0.15, -0.1) is 11.6 Å². The standard InChI is InChI=1S/C19H34ClNO/c1-13(2)21(16(22)12-20)17-14(18(3,4)5)10-9-11-15(17)19(6,7)8/h13-14H,9-12H2,1-8H3. The summed E-state index contributed by atoms with van der Waals surface area (Å²) in [6.07, 6.45) is 3.44. The third-order valence-corrected chi connectivity index (χ3v) is 4.90. The molecule has 128 valence electrons. The minimum absolute atomic E-state index is 0.0320. The topological polar surface area (TPSA) is 20.3 Å². The molecule has 3 heteroatoms. The van der Waals surface area contributed by atoms with E-state index in [1.165, 1.54) is 17.7 Å². The van der Waals surface area contributed by atoms with Crippen molar-refractivity contribution in [1.29, 1.82) is 0 Å². The lowest BCUT2D eigenvalue weighted by molar-refractivity contribution is -0.129. The maximum Gasteiger partial charge on any atom is 0.241 e. The first-order valence-corrected chi connectivity index (χ1v) is 9.06. The minimum Gasteiger partial charge on any atom is -0.312 e. The van der Waals surface area contributed by atoms with Crippen LogP contribution in [0.3, 0.4) is 0 Å². The van der Waals surface area contributed by atoms with E-state index in [2.05, 4.69) is 55.4 Å². The fraction of sp³-hybridized carbons (Fsp3) is 0.842. The van der Waals surface area contributed by atoms with Crippen LogP contribution >= 0.6 is 11.6 Å². The maximum atomic E-state index is 12.6. The lowest BCUT2D eigenvalue weighted by atomic mass is 9.67. The summed E-state index contributed by atoms with van der Waals surface area (Å²) in [4.78, 5) is 14.5. The SMILES string of the molecule is CC(C)N(C(=O)CCl)C1=C(C(C)(C)C)CCCC1C(C)(C)C. The molecule has 0 fully saturated rings. The Morgan fingerprint density at radius 2 is 1.77 bits per heavy atom. The Balaban J connectivity index is 3.56. The van der Waals surface area contributed by atoms with Gasteiger partial charge in [-0.2, -0.15) is 0 Å². The van der Waals surface area contributed by atoms with Crippen molar-refractivity contribution in [2.24, 2.45) is 16.7 Å². The fourth-order valence-corrected chi connectivity index (χ4v) is 3.77. The quantitative estimate of drug-likeness (QED) is 0.617. The summed E-state index contributed by atoms with van der Waals surface area (Å²) < 4.78 is 0. The van der Waals surface area contributed by atoms with Crippen molar-refractivity contribution in [2.45, 2.75) is 80.7 Å². The molecular formula is C19H34ClNO. The van der Waals surface area contributed by atoms with E-state index in [4.69, 9.17) is 11.6 Å². The predicted octanol–water partition coefficient (Wildman–Crippen LogP) is 5.61. The molecule has 1 unspecified atom stereocenters. The number of rotatable bonds is 3. The van der Waals surface area contributed by atoms with Gasteiger partial charge in [0.05, 0.1) is 0 Å². The Morgan fingerprint density at radius 3 is 2.14 bits per heavy atom. The van der Waals surface area contributed by atoms with Gasteiger partial charge in [0.25, 0.3) is 0 Å². The van der Waals surface area contributed by atoms with Crippen molar-refractivity contribution in [1.82, 2.24) is 4.90 Å². The molecule has 1 amide bonds. The van der Waals surface area contributed by atoms with Crippen molar-refractivity contribution >= 4 is 17.5 Å². The third-order valence-electron chi connectivity index (χ3n) is 4.67. The van der Waals surface area contributed by atoms with Crippen LogP contribution < -0.4 is 0 Å². The molecule has 1 aliphatic carbocycles. The number of carbonyl (C=O) groups excluding carboxylic acids is 1. The van der Waals surface area contributed by atoms with Crippen LogP contribution in [0.2, 0.25) is 0 Å². The molecule has 0 aromatic heterocycles. The predicted molar refractivity (Wildman–Crippen MR) is 96.0 cm³/mol. The number of allylic oxidation sites excluding steroid dienone is 2. The van der Waals surface area contributed by atoms with E-state index in [1.807, 2.05) is 4.90 Å². The first-order chi connectivity index (χ1) is 9.91. The molecule has 0 saturated heterocycles. The van der Waals surface area contributed by atoms with Crippen molar-refractivity contribution in [2.75, 3.05) is 5.88 Å². The van der Waals surface area contributed by atoms with Gasteiger partial charge >= 0.3 is 0 Å². The molecule has 22 heavy (non-hydrogen) atoms. The Kier molecular flexibility index (Phi) is 6.17. The Hall–Kier alpha value is -0.500. The lowest BCUT2D eigenvalue weighted by Crippen LogP contribution is -2.45. The van der Waals surface area contributed by atoms with Gasteiger partial charge in [-0.25, -0.2) is 0 Å². The van der Waals surface area contributed by atoms with E-state index in [-0.39, 0.29) is 28.7 Å². The molecule has 1 rings (SSSR count). The van der Waals surface area contributed by atoms with Crippen LogP contribution in [0.25, 0.3) is 0 Å². The van der Waals surface area contributed by atoms with Gasteiger partial charge in [-0.05, 0) is 49.5 Å². The number of alkyl halides is 1. The number of hydrogen-bond acceptors (Lipinski definition) is 1. The Morgan fingerprint density at radius 1 is 1.23 bits per heavy atom. The van der Waals surface area contributed by atoms with Gasteiger partial charge in [0.15, 0.2) is 0 Å². The summed E-state index contributed by atoms with van der Waals surface area (Å²) >= 11 is 5.92. The van der Waals surface area contributed by atoms with Crippen LogP contribution in [0.1, 0.15) is 74.7 Å². The fourth-order valence-electron chi connectivity index (χ4n) is 3.64. The zero-order valence-corrected chi connectivity index (χ0v) is 16.5. The number of halogens is 1. The molecule has 1 aliphatic rings. The van der Waals surface area contributed by atoms with Crippen LogP contribution in [0.5, 0.6) is 0 Å². The van der Waals surface area contributed by atoms with Crippen molar-refractivity contribution in [3.05, 3.63) is 11.3 Å². The molecule has 0 N–H and O–H groups in total. The highest BCUT2D eigenvalue weighted by atomic mass is 35.5. The van der Waals surface area contributed by atoms with Crippen molar-refractivity contribution in [3.63, 3.8) is 0 Å². The summed E-state index contributed by atoms with van der Waals surface area (Å²) in [5.74, 6) is 0.491. The molecule has 2 nitrogen and oxygen atoms in total. The smallest absolute Gasteiger partial charge is 0.241 e. The molecule has 1 atom stereocenters. The summed E-state index contributed by atoms with van der Waals surface area (Å²) in [6, 6.07) is 0.140. The Bertz CT molecular complexity index is 437. The van der Waals surface area contributed by atoms with E-state index >= 15 is 0 Å². The summed E-state index contributed by atoms with van der Waals surface area (Å²) in [6.45, 7) is 17.8. The summed E-state index contributed by atoms with van der Waals surface area (Å²) in [7, 11) is 0. The second-order valence-corrected chi connectivity index (χ2v) is 9.18. The average molecular weight is 328 g/mol. The molecule has 0 aromatic rings. The third kappa shape index (κ3) is 4.28. The zero-order valence-electron chi connectivity index (χ0n) is 15.7. The molecule has 0 bridgehead atoms. The molecule has 0 heterocycles. The first kappa shape index (κ1) is 19.5. The molecule has 0 saturated carbocycles. The highest BCUT2D eigenvalue weighted by Crippen LogP contribution is 2.48. The van der Waals surface area contributed by atoms with Crippen LogP contribution in [0.15, 0.2) is 11.3 Å². The molecule has 0 aromatic carbocycles. The van der Waals surface area contributed by atoms with Gasteiger partial charge in [0.1, 0.15) is 5.88 Å². The molecule has 0 aliphatic heterocycles. The van der Waals surface area contributed by atoms with Crippen LogP contribution in [-0.2, 0) is 4.79 Å². The number of hydrogen-bond donors (Lipinski definition) is 0. The van der Waals surface area contributed by atoms with E-state index < -0.39 is 0 Å². The largest absolute Gasteiger partial charge is 0.312 e. The van der Waals surface area contributed by atoms with E-state index in [0.29, 0.717) is 5.92 Å². The number of carbonyl (C=O) groups is 1. The van der Waals surface area contributed by atoms with Crippen LogP contribution in [0.4, 0.5) is 0 Å². The number of amides is 1. The van der Waals surface area contributed by atoms with E-state index in [1.54, 1.807) is 0 Å². The van der Waals surface area contributed by atoms with Gasteiger partial charge < -0.3 is 4.90 Å². The highest BCUT2D eigenvalue weighted by molar-refractivity contribution is 6.27. The van der Waals surface area contributed by atoms with Gasteiger partial charge in [0.2, 0.25) is 5.91 Å². The van der Waals surface area contributed by atoms with Crippen LogP contribution in [-0.4, -0.2) is 22.7 Å². The monoisotopic (exact) mass is 327 g/mol. The van der Waals surface area contributed by atoms with Crippen molar-refractivity contribution < 1.29 is 4.79 Å². The molecule has 0 radical (unpaired) electrons. The summed E-state index contributed by atoms with van der Waals surface area (Å²) in [5, 5.41) is 0. The average Bonchev–Trinajstić information content (AvgIpc) is 2.35. The van der Waals surface area contributed by atoms with Gasteiger partial charge in [-0.3, -0.25) is 4.79 Å². The first-order valence-electron chi connectivity index (χ1n) is 8.52. The number of nitrogens with zero attached hydrogens (tertiary/aromatic N) is 1. The lowest BCUT2D eigenvalue weighted by Gasteiger charge is -2.46. The maximum absolute atomic E-state index is 12.6. The van der Waals surface area contributed by atoms with Crippen molar-refractivity contribution in [3.8, 4) is 0 Å². The summed E-state index contributed by atoms with van der Waals surface area (Å²) in [5.41, 5.74) is 2.92. The second-order valence-electron chi connectivity index (χ2n) is 8.92. The highest BCUT2D eigenvalue weighted by Gasteiger charge is 2.40. The molecular weight excluding hydrogens is 294 g/mol. The van der Waals surface area contributed by atoms with Crippen LogP contribution in [0, 0.1) is 16.7 Å². The normalized spacial score (nSPS) is 20.5.